The van der Waals surface area contributed by atoms with E-state index in [0.29, 0.717) is 11.4 Å². The highest BCUT2D eigenvalue weighted by atomic mass is 35.5. The molecular formula is C18H14ClFN2O2. The molecule has 0 amide bonds. The summed E-state index contributed by atoms with van der Waals surface area (Å²) in [4.78, 5) is 12.1. The molecule has 0 spiro atoms. The molecule has 0 aliphatic rings. The van der Waals surface area contributed by atoms with Crippen molar-refractivity contribution in [2.24, 2.45) is 0 Å². The topological polar surface area (TPSA) is 44.1 Å². The Morgan fingerprint density at radius 2 is 1.96 bits per heavy atom. The van der Waals surface area contributed by atoms with Gasteiger partial charge in [0.15, 0.2) is 0 Å². The lowest BCUT2D eigenvalue weighted by atomic mass is 10.1. The molecular weight excluding hydrogens is 331 g/mol. The minimum Gasteiger partial charge on any atom is -0.497 e. The zero-order chi connectivity index (χ0) is 17.1. The number of hydrogen-bond acceptors (Lipinski definition) is 3. The van der Waals surface area contributed by atoms with Gasteiger partial charge >= 0.3 is 0 Å². The van der Waals surface area contributed by atoms with Crippen molar-refractivity contribution < 1.29 is 9.13 Å². The molecule has 2 aromatic carbocycles. The summed E-state index contributed by atoms with van der Waals surface area (Å²) in [7, 11) is 1.58. The van der Waals surface area contributed by atoms with E-state index in [4.69, 9.17) is 16.3 Å². The van der Waals surface area contributed by atoms with Crippen LogP contribution in [0.25, 0.3) is 11.3 Å². The van der Waals surface area contributed by atoms with Crippen LogP contribution in [0.4, 0.5) is 4.39 Å². The van der Waals surface area contributed by atoms with Crippen molar-refractivity contribution in [1.82, 2.24) is 9.78 Å². The minimum absolute atomic E-state index is 0.0395. The number of hydrogen-bond donors (Lipinski definition) is 0. The zero-order valence-electron chi connectivity index (χ0n) is 12.9. The third-order valence-electron chi connectivity index (χ3n) is 3.60. The molecule has 0 unspecified atom stereocenters. The first kappa shape index (κ1) is 16.2. The van der Waals surface area contributed by atoms with E-state index >= 15 is 0 Å². The van der Waals surface area contributed by atoms with Gasteiger partial charge in [-0.15, -0.1) is 0 Å². The summed E-state index contributed by atoms with van der Waals surface area (Å²) in [6.07, 6.45) is 0. The van der Waals surface area contributed by atoms with Gasteiger partial charge in [0, 0.05) is 22.2 Å². The van der Waals surface area contributed by atoms with E-state index in [1.807, 2.05) is 24.3 Å². The molecule has 1 aromatic heterocycles. The van der Waals surface area contributed by atoms with Crippen LogP contribution in [0, 0.1) is 5.82 Å². The predicted molar refractivity (Wildman–Crippen MR) is 91.0 cm³/mol. The Labute approximate surface area is 143 Å². The molecule has 0 aliphatic carbocycles. The Hall–Kier alpha value is -2.66. The van der Waals surface area contributed by atoms with Gasteiger partial charge in [-0.3, -0.25) is 4.79 Å². The van der Waals surface area contributed by atoms with Crippen molar-refractivity contribution in [3.63, 3.8) is 0 Å². The standard InChI is InChI=1S/C18H14ClFN2O2/c1-24-13-5-2-4-12(10-13)17-8-9-18(23)22(21-17)11-14-15(19)6-3-7-16(14)20/h2-10H,11H2,1H3. The summed E-state index contributed by atoms with van der Waals surface area (Å²) in [5.41, 5.74) is 1.28. The Kier molecular flexibility index (Phi) is 4.62. The minimum atomic E-state index is -0.469. The first-order valence-corrected chi connectivity index (χ1v) is 7.62. The first-order chi connectivity index (χ1) is 11.6. The number of ether oxygens (including phenoxy) is 1. The number of halogens is 2. The maximum Gasteiger partial charge on any atom is 0.267 e. The van der Waals surface area contributed by atoms with Gasteiger partial charge < -0.3 is 4.74 Å². The van der Waals surface area contributed by atoms with Crippen LogP contribution in [0.2, 0.25) is 5.02 Å². The molecule has 3 rings (SSSR count). The Balaban J connectivity index is 2.02. The number of methoxy groups -OCH3 is 1. The summed E-state index contributed by atoms with van der Waals surface area (Å²) in [6, 6.07) is 14.7. The number of aromatic nitrogens is 2. The van der Waals surface area contributed by atoms with Gasteiger partial charge in [-0.1, -0.05) is 29.8 Å². The van der Waals surface area contributed by atoms with Crippen LogP contribution in [0.1, 0.15) is 5.56 Å². The molecule has 0 saturated heterocycles. The average Bonchev–Trinajstić information content (AvgIpc) is 2.60. The van der Waals surface area contributed by atoms with E-state index < -0.39 is 5.82 Å². The molecule has 0 saturated carbocycles. The summed E-state index contributed by atoms with van der Waals surface area (Å²) in [6.45, 7) is -0.0395. The molecule has 0 aliphatic heterocycles. The van der Waals surface area contributed by atoms with Crippen LogP contribution < -0.4 is 10.3 Å². The molecule has 0 fully saturated rings. The van der Waals surface area contributed by atoms with Gasteiger partial charge in [0.2, 0.25) is 0 Å². The number of nitrogens with zero attached hydrogens (tertiary/aromatic N) is 2. The van der Waals surface area contributed by atoms with Gasteiger partial charge in [0.25, 0.3) is 5.56 Å². The smallest absolute Gasteiger partial charge is 0.267 e. The molecule has 1 heterocycles. The van der Waals surface area contributed by atoms with Crippen molar-refractivity contribution in [2.45, 2.75) is 6.54 Å². The lowest BCUT2D eigenvalue weighted by Gasteiger charge is -2.10. The maximum atomic E-state index is 13.9. The molecule has 0 N–H and O–H groups in total. The lowest BCUT2D eigenvalue weighted by Crippen LogP contribution is -2.23. The second kappa shape index (κ2) is 6.84. The van der Waals surface area contributed by atoms with Crippen LogP contribution in [0.5, 0.6) is 5.75 Å². The SMILES string of the molecule is COc1cccc(-c2ccc(=O)n(Cc3c(F)cccc3Cl)n2)c1. The fourth-order valence-electron chi connectivity index (χ4n) is 2.33. The van der Waals surface area contributed by atoms with Crippen LogP contribution in [0.15, 0.2) is 59.4 Å². The van der Waals surface area contributed by atoms with Crippen LogP contribution in [-0.4, -0.2) is 16.9 Å². The van der Waals surface area contributed by atoms with Crippen molar-refractivity contribution in [2.75, 3.05) is 7.11 Å². The van der Waals surface area contributed by atoms with Crippen LogP contribution in [-0.2, 0) is 6.54 Å². The largest absolute Gasteiger partial charge is 0.497 e. The summed E-state index contributed by atoms with van der Waals surface area (Å²) in [5, 5.41) is 4.58. The van der Waals surface area contributed by atoms with Crippen LogP contribution in [0.3, 0.4) is 0 Å². The molecule has 0 radical (unpaired) electrons. The third kappa shape index (κ3) is 3.31. The molecule has 6 heteroatoms. The summed E-state index contributed by atoms with van der Waals surface area (Å²) in [5.74, 6) is 0.215. The highest BCUT2D eigenvalue weighted by Crippen LogP contribution is 2.22. The van der Waals surface area contributed by atoms with Gasteiger partial charge in [-0.2, -0.15) is 5.10 Å². The van der Waals surface area contributed by atoms with Crippen molar-refractivity contribution in [3.05, 3.63) is 81.4 Å². The fourth-order valence-corrected chi connectivity index (χ4v) is 2.55. The molecule has 3 aromatic rings. The Morgan fingerprint density at radius 1 is 1.17 bits per heavy atom. The normalized spacial score (nSPS) is 10.6. The van der Waals surface area contributed by atoms with Crippen LogP contribution >= 0.6 is 11.6 Å². The van der Waals surface area contributed by atoms with E-state index in [1.165, 1.54) is 22.9 Å². The quantitative estimate of drug-likeness (QED) is 0.724. The van der Waals surface area contributed by atoms with E-state index in [0.717, 1.165) is 5.56 Å². The molecule has 122 valence electrons. The molecule has 4 nitrogen and oxygen atoms in total. The summed E-state index contributed by atoms with van der Waals surface area (Å²) >= 11 is 6.03. The fraction of sp³-hybridized carbons (Fsp3) is 0.111. The van der Waals surface area contributed by atoms with E-state index in [-0.39, 0.29) is 22.7 Å². The zero-order valence-corrected chi connectivity index (χ0v) is 13.6. The molecule has 0 bridgehead atoms. The van der Waals surface area contributed by atoms with Gasteiger partial charge in [0.05, 0.1) is 19.3 Å². The number of benzene rings is 2. The Morgan fingerprint density at radius 3 is 2.71 bits per heavy atom. The maximum absolute atomic E-state index is 13.9. The number of rotatable bonds is 4. The second-order valence-corrected chi connectivity index (χ2v) is 5.55. The van der Waals surface area contributed by atoms with Gasteiger partial charge in [0.1, 0.15) is 11.6 Å². The third-order valence-corrected chi connectivity index (χ3v) is 3.96. The molecule has 24 heavy (non-hydrogen) atoms. The van der Waals surface area contributed by atoms with E-state index in [9.17, 15) is 9.18 Å². The lowest BCUT2D eigenvalue weighted by molar-refractivity contribution is 0.415. The monoisotopic (exact) mass is 344 g/mol. The van der Waals surface area contributed by atoms with Crippen molar-refractivity contribution in [1.29, 1.82) is 0 Å². The predicted octanol–water partition coefficient (Wildman–Crippen LogP) is 3.76. The van der Waals surface area contributed by atoms with Crippen molar-refractivity contribution >= 4 is 11.6 Å². The second-order valence-electron chi connectivity index (χ2n) is 5.15. The van der Waals surface area contributed by atoms with Gasteiger partial charge in [-0.05, 0) is 30.3 Å². The first-order valence-electron chi connectivity index (χ1n) is 7.24. The van der Waals surface area contributed by atoms with Crippen molar-refractivity contribution in [3.8, 4) is 17.0 Å². The molecule has 0 atom stereocenters. The highest BCUT2D eigenvalue weighted by Gasteiger charge is 2.11. The Bertz CT molecular complexity index is 920. The summed E-state index contributed by atoms with van der Waals surface area (Å²) < 4.78 is 20.3. The van der Waals surface area contributed by atoms with E-state index in [1.54, 1.807) is 19.2 Å². The van der Waals surface area contributed by atoms with E-state index in [2.05, 4.69) is 5.10 Å². The average molecular weight is 345 g/mol. The van der Waals surface area contributed by atoms with Gasteiger partial charge in [-0.25, -0.2) is 9.07 Å². The highest BCUT2D eigenvalue weighted by molar-refractivity contribution is 6.31.